The molecular weight excluding hydrogens is 956 g/mol. The van der Waals surface area contributed by atoms with Crippen molar-refractivity contribution in [1.29, 1.82) is 0 Å². The lowest BCUT2D eigenvalue weighted by Gasteiger charge is -2.30. The summed E-state index contributed by atoms with van der Waals surface area (Å²) in [6.07, 6.45) is 3.82. The molecule has 390 valence electrons. The Labute approximate surface area is 429 Å². The number of nitrogens with two attached hydrogens (primary N) is 3. The van der Waals surface area contributed by atoms with E-state index in [1.54, 1.807) is 42.5 Å². The van der Waals surface area contributed by atoms with Gasteiger partial charge in [0.1, 0.15) is 42.3 Å². The van der Waals surface area contributed by atoms with Crippen molar-refractivity contribution < 1.29 is 38.4 Å². The molecule has 4 aromatic rings. The number of guanidine groups is 1. The number of fused-ring (bicyclic) bond motifs is 1. The van der Waals surface area contributed by atoms with E-state index in [1.807, 2.05) is 49.4 Å². The van der Waals surface area contributed by atoms with Crippen LogP contribution >= 0.6 is 11.6 Å². The summed E-state index contributed by atoms with van der Waals surface area (Å²) in [5.74, 6) is -5.35. The second-order valence-corrected chi connectivity index (χ2v) is 18.6. The van der Waals surface area contributed by atoms with E-state index in [0.29, 0.717) is 42.0 Å². The van der Waals surface area contributed by atoms with Crippen LogP contribution in [0.1, 0.15) is 82.5 Å². The molecule has 0 spiro atoms. The second kappa shape index (κ2) is 27.8. The van der Waals surface area contributed by atoms with E-state index in [-0.39, 0.29) is 57.6 Å². The molecule has 1 fully saturated rings. The number of carbonyl (C=O) groups is 8. The molecule has 5 rings (SSSR count). The molecule has 21 heteroatoms. The number of likely N-dealkylation sites (tertiary alicyclic amines) is 1. The molecule has 1 aliphatic heterocycles. The van der Waals surface area contributed by atoms with Crippen LogP contribution in [-0.2, 0) is 57.6 Å². The van der Waals surface area contributed by atoms with Crippen LogP contribution in [0.25, 0.3) is 10.8 Å². The number of nitrogens with one attached hydrogen (secondary N) is 6. The van der Waals surface area contributed by atoms with E-state index >= 15 is 0 Å². The zero-order valence-corrected chi connectivity index (χ0v) is 42.2. The molecule has 20 nitrogen and oxygen atoms in total. The van der Waals surface area contributed by atoms with Gasteiger partial charge in [-0.3, -0.25) is 48.3 Å². The van der Waals surface area contributed by atoms with Crippen molar-refractivity contribution in [2.45, 2.75) is 127 Å². The molecule has 7 atom stereocenters. The number of aliphatic imine (C=N–C) groups is 1. The topological polar surface area (TPSA) is 315 Å². The molecule has 0 aliphatic carbocycles. The summed E-state index contributed by atoms with van der Waals surface area (Å²) in [5.41, 5.74) is 18.3. The van der Waals surface area contributed by atoms with Crippen molar-refractivity contribution in [3.05, 3.63) is 113 Å². The van der Waals surface area contributed by atoms with Crippen molar-refractivity contribution >= 4 is 75.6 Å². The Bertz CT molecular complexity index is 2600. The molecule has 1 aromatic heterocycles. The van der Waals surface area contributed by atoms with Crippen LogP contribution in [0.4, 0.5) is 0 Å². The van der Waals surface area contributed by atoms with Crippen LogP contribution in [0.2, 0.25) is 5.02 Å². The number of hydrogen-bond donors (Lipinski definition) is 9. The summed E-state index contributed by atoms with van der Waals surface area (Å²) < 4.78 is 0. The molecule has 0 radical (unpaired) electrons. The molecular formula is C52H67ClN12O8. The first-order valence-electron chi connectivity index (χ1n) is 24.5. The molecule has 0 unspecified atom stereocenters. The maximum Gasteiger partial charge on any atom is 0.245 e. The van der Waals surface area contributed by atoms with Gasteiger partial charge in [-0.2, -0.15) is 0 Å². The van der Waals surface area contributed by atoms with Gasteiger partial charge in [-0.1, -0.05) is 92.0 Å². The Balaban J connectivity index is 1.41. The SMILES string of the molecule is CCCC[C@H](NC(=O)[C@@H](Cc1ccccn1)NC(=O)[C@@H](Cc1ccc(Cl)cc1)NC(=O)[C@@H](Cc1ccc2ccccc2c1)NC(C)=O)C(=O)N[C@@H](CCCN=C(N)N)C(=O)N1CCC[C@H]1C(=O)N[C@H](C)C(N)=O. The Morgan fingerprint density at radius 3 is 1.89 bits per heavy atom. The van der Waals surface area contributed by atoms with E-state index in [0.717, 1.165) is 16.3 Å². The summed E-state index contributed by atoms with van der Waals surface area (Å²) >= 11 is 6.20. The Morgan fingerprint density at radius 2 is 1.26 bits per heavy atom. The second-order valence-electron chi connectivity index (χ2n) is 18.2. The number of primary amides is 1. The molecule has 2 heterocycles. The van der Waals surface area contributed by atoms with Crippen LogP contribution in [0.5, 0.6) is 0 Å². The molecule has 73 heavy (non-hydrogen) atoms. The summed E-state index contributed by atoms with van der Waals surface area (Å²) in [5, 5.41) is 18.9. The lowest BCUT2D eigenvalue weighted by Crippen LogP contribution is -2.60. The number of hydrogen-bond acceptors (Lipinski definition) is 10. The van der Waals surface area contributed by atoms with Crippen LogP contribution in [0.3, 0.4) is 0 Å². The number of carbonyl (C=O) groups excluding carboxylic acids is 8. The number of aromatic nitrogens is 1. The first-order chi connectivity index (χ1) is 34.9. The van der Waals surface area contributed by atoms with E-state index in [4.69, 9.17) is 28.8 Å². The number of benzene rings is 3. The highest BCUT2D eigenvalue weighted by molar-refractivity contribution is 6.30. The molecule has 12 N–H and O–H groups in total. The summed E-state index contributed by atoms with van der Waals surface area (Å²) in [7, 11) is 0. The minimum Gasteiger partial charge on any atom is -0.370 e. The van der Waals surface area contributed by atoms with Crippen molar-refractivity contribution in [1.82, 2.24) is 41.8 Å². The lowest BCUT2D eigenvalue weighted by molar-refractivity contribution is -0.142. The third kappa shape index (κ3) is 17.6. The number of amides is 8. The first kappa shape index (κ1) is 56.3. The normalized spacial score (nSPS) is 15.6. The van der Waals surface area contributed by atoms with Gasteiger partial charge in [0.2, 0.25) is 47.3 Å². The minimum absolute atomic E-state index is 0.0424. The fourth-order valence-corrected chi connectivity index (χ4v) is 8.60. The van der Waals surface area contributed by atoms with E-state index < -0.39 is 89.6 Å². The van der Waals surface area contributed by atoms with Gasteiger partial charge in [0.25, 0.3) is 0 Å². The number of rotatable bonds is 26. The van der Waals surface area contributed by atoms with Gasteiger partial charge in [0, 0.05) is 56.2 Å². The van der Waals surface area contributed by atoms with Gasteiger partial charge in [-0.15, -0.1) is 0 Å². The summed E-state index contributed by atoms with van der Waals surface area (Å²) in [6, 6.07) is 17.1. The quantitative estimate of drug-likeness (QED) is 0.0247. The monoisotopic (exact) mass is 1020 g/mol. The average molecular weight is 1020 g/mol. The van der Waals surface area contributed by atoms with Gasteiger partial charge < -0.3 is 54.0 Å². The van der Waals surface area contributed by atoms with Crippen LogP contribution in [0, 0.1) is 0 Å². The predicted molar refractivity (Wildman–Crippen MR) is 277 cm³/mol. The molecule has 0 bridgehead atoms. The fraction of sp³-hybridized carbons (Fsp3) is 0.423. The number of nitrogens with zero attached hydrogens (tertiary/aromatic N) is 3. The molecule has 1 aliphatic rings. The number of unbranched alkanes of at least 4 members (excludes halogenated alkanes) is 1. The first-order valence-corrected chi connectivity index (χ1v) is 24.9. The summed E-state index contributed by atoms with van der Waals surface area (Å²) in [4.78, 5) is 119. The molecule has 8 amide bonds. The maximum atomic E-state index is 14.6. The largest absolute Gasteiger partial charge is 0.370 e. The zero-order valence-electron chi connectivity index (χ0n) is 41.4. The highest BCUT2D eigenvalue weighted by Gasteiger charge is 2.39. The van der Waals surface area contributed by atoms with Crippen LogP contribution in [0.15, 0.2) is 96.1 Å². The van der Waals surface area contributed by atoms with E-state index in [9.17, 15) is 38.4 Å². The van der Waals surface area contributed by atoms with Gasteiger partial charge in [0.05, 0.1) is 0 Å². The van der Waals surface area contributed by atoms with Gasteiger partial charge in [0.15, 0.2) is 5.96 Å². The highest BCUT2D eigenvalue weighted by Crippen LogP contribution is 2.21. The van der Waals surface area contributed by atoms with E-state index in [2.05, 4.69) is 41.9 Å². The third-order valence-electron chi connectivity index (χ3n) is 12.4. The van der Waals surface area contributed by atoms with E-state index in [1.165, 1.54) is 24.9 Å². The van der Waals surface area contributed by atoms with Crippen molar-refractivity contribution in [2.75, 3.05) is 13.1 Å². The zero-order chi connectivity index (χ0) is 53.0. The molecule has 3 aromatic carbocycles. The van der Waals surface area contributed by atoms with Gasteiger partial charge in [-0.05, 0) is 85.2 Å². The van der Waals surface area contributed by atoms with Gasteiger partial charge in [-0.25, -0.2) is 0 Å². The third-order valence-corrected chi connectivity index (χ3v) is 12.6. The number of pyridine rings is 1. The molecule has 1 saturated heterocycles. The van der Waals surface area contributed by atoms with Crippen molar-refractivity contribution in [2.24, 2.45) is 22.2 Å². The van der Waals surface area contributed by atoms with Crippen LogP contribution in [-0.4, -0.2) is 118 Å². The van der Waals surface area contributed by atoms with Crippen LogP contribution < -0.4 is 49.1 Å². The summed E-state index contributed by atoms with van der Waals surface area (Å²) in [6.45, 7) is 4.96. The minimum atomic E-state index is -1.35. The standard InChI is InChI=1S/C52H67ClN12O8/c1-4-5-15-39(46(68)62-40(16-10-25-58-52(55)56)51(73)65-26-11-17-44(65)50(72)59-31(2)45(54)67)61-49(71)43(30-38-14-8-9-24-57-38)64-48(70)42(28-33-19-22-37(53)23-20-33)63-47(69)41(60-32(3)66)29-34-18-21-35-12-6-7-13-36(35)27-34/h6-9,12-14,18-24,27,31,39-44H,4-5,10-11,15-17,25-26,28-30H2,1-3H3,(H2,54,67)(H,59,72)(H,60,66)(H,61,71)(H,62,68)(H,63,69)(H,64,70)(H4,55,56,58)/t31-,39+,40+,41-,42-,43-,44+/m1/s1. The van der Waals surface area contributed by atoms with Crippen molar-refractivity contribution in [3.63, 3.8) is 0 Å². The predicted octanol–water partition coefficient (Wildman–Crippen LogP) is 1.58. The fourth-order valence-electron chi connectivity index (χ4n) is 8.47. The Kier molecular flexibility index (Phi) is 21.5. The number of halogens is 1. The highest BCUT2D eigenvalue weighted by atomic mass is 35.5. The maximum absolute atomic E-state index is 14.6. The van der Waals surface area contributed by atoms with Gasteiger partial charge >= 0.3 is 0 Å². The Hall–Kier alpha value is -7.61. The lowest BCUT2D eigenvalue weighted by atomic mass is 9.99. The Morgan fingerprint density at radius 1 is 0.685 bits per heavy atom. The molecule has 0 saturated carbocycles. The smallest absolute Gasteiger partial charge is 0.245 e. The van der Waals surface area contributed by atoms with Crippen molar-refractivity contribution in [3.8, 4) is 0 Å². The average Bonchev–Trinajstić information content (AvgIpc) is 3.86.